The van der Waals surface area contributed by atoms with E-state index in [4.69, 9.17) is 16.7 Å². The van der Waals surface area contributed by atoms with E-state index in [2.05, 4.69) is 5.32 Å². The van der Waals surface area contributed by atoms with E-state index in [-0.39, 0.29) is 11.5 Å². The number of carbonyl (C=O) groups is 2. The van der Waals surface area contributed by atoms with Crippen LogP contribution in [0.25, 0.3) is 0 Å². The molecule has 1 amide bonds. The predicted octanol–water partition coefficient (Wildman–Crippen LogP) is 2.31. The largest absolute Gasteiger partial charge is 0.478 e. The number of halogens is 1. The van der Waals surface area contributed by atoms with Gasteiger partial charge in [-0.15, -0.1) is 0 Å². The number of aryl methyl sites for hydroxylation is 1. The highest BCUT2D eigenvalue weighted by molar-refractivity contribution is 6.34. The van der Waals surface area contributed by atoms with E-state index in [0.717, 1.165) is 0 Å². The molecule has 0 atom stereocenters. The van der Waals surface area contributed by atoms with E-state index in [1.165, 1.54) is 19.1 Å². The molecule has 1 aromatic rings. The maximum atomic E-state index is 10.8. The lowest BCUT2D eigenvalue weighted by atomic mass is 10.1. The first-order chi connectivity index (χ1) is 6.91. The van der Waals surface area contributed by atoms with E-state index in [0.29, 0.717) is 16.3 Å². The molecule has 1 aromatic carbocycles. The van der Waals surface area contributed by atoms with Gasteiger partial charge >= 0.3 is 5.97 Å². The van der Waals surface area contributed by atoms with Crippen LogP contribution in [0.5, 0.6) is 0 Å². The number of carboxylic acid groups (broad SMARTS) is 1. The Balaban J connectivity index is 3.24. The molecule has 80 valence electrons. The monoisotopic (exact) mass is 227 g/mol. The third-order valence-corrected chi connectivity index (χ3v) is 2.31. The topological polar surface area (TPSA) is 66.4 Å². The Morgan fingerprint density at radius 3 is 2.47 bits per heavy atom. The number of nitrogens with one attached hydrogen (secondary N) is 1. The van der Waals surface area contributed by atoms with Crippen molar-refractivity contribution in [3.8, 4) is 0 Å². The summed E-state index contributed by atoms with van der Waals surface area (Å²) in [4.78, 5) is 21.6. The summed E-state index contributed by atoms with van der Waals surface area (Å²) in [6.07, 6.45) is 0. The van der Waals surface area contributed by atoms with Crippen molar-refractivity contribution in [1.82, 2.24) is 0 Å². The Kier molecular flexibility index (Phi) is 3.31. The normalized spacial score (nSPS) is 9.80. The number of anilines is 1. The van der Waals surface area contributed by atoms with Crippen molar-refractivity contribution in [3.05, 3.63) is 28.3 Å². The number of hydrogen-bond acceptors (Lipinski definition) is 2. The standard InChI is InChI=1S/C10H10ClNO3/c1-5-3-7(10(14)15)4-8(9(5)11)12-6(2)13/h3-4H,1-2H3,(H,12,13)(H,14,15). The van der Waals surface area contributed by atoms with E-state index in [1.807, 2.05) is 0 Å². The predicted molar refractivity (Wildman–Crippen MR) is 57.5 cm³/mol. The minimum absolute atomic E-state index is 0.0978. The third kappa shape index (κ3) is 2.70. The van der Waals surface area contributed by atoms with Crippen LogP contribution in [0, 0.1) is 6.92 Å². The van der Waals surface area contributed by atoms with E-state index >= 15 is 0 Å². The van der Waals surface area contributed by atoms with E-state index in [9.17, 15) is 9.59 Å². The van der Waals surface area contributed by atoms with Gasteiger partial charge in [-0.1, -0.05) is 11.6 Å². The average Bonchev–Trinajstić information content (AvgIpc) is 2.11. The molecule has 0 aromatic heterocycles. The molecule has 0 aliphatic rings. The lowest BCUT2D eigenvalue weighted by molar-refractivity contribution is -0.114. The van der Waals surface area contributed by atoms with Crippen LogP contribution in [0.3, 0.4) is 0 Å². The van der Waals surface area contributed by atoms with E-state index < -0.39 is 5.97 Å². The summed E-state index contributed by atoms with van der Waals surface area (Å²) >= 11 is 5.91. The molecule has 0 radical (unpaired) electrons. The van der Waals surface area contributed by atoms with Crippen molar-refractivity contribution < 1.29 is 14.7 Å². The van der Waals surface area contributed by atoms with Crippen molar-refractivity contribution >= 4 is 29.2 Å². The van der Waals surface area contributed by atoms with Crippen LogP contribution in [0.4, 0.5) is 5.69 Å². The fourth-order valence-corrected chi connectivity index (χ4v) is 1.33. The van der Waals surface area contributed by atoms with Crippen LogP contribution in [0.15, 0.2) is 12.1 Å². The first-order valence-corrected chi connectivity index (χ1v) is 4.60. The van der Waals surface area contributed by atoms with Crippen molar-refractivity contribution in [1.29, 1.82) is 0 Å². The van der Waals surface area contributed by atoms with Crippen molar-refractivity contribution in [2.45, 2.75) is 13.8 Å². The molecular weight excluding hydrogens is 218 g/mol. The number of carboxylic acids is 1. The minimum atomic E-state index is -1.05. The molecule has 5 heteroatoms. The first-order valence-electron chi connectivity index (χ1n) is 4.23. The Morgan fingerprint density at radius 2 is 2.00 bits per heavy atom. The van der Waals surface area contributed by atoms with Crippen LogP contribution in [-0.2, 0) is 4.79 Å². The molecule has 0 aliphatic carbocycles. The van der Waals surface area contributed by atoms with Crippen LogP contribution in [-0.4, -0.2) is 17.0 Å². The first kappa shape index (κ1) is 11.5. The summed E-state index contributed by atoms with van der Waals surface area (Å²) < 4.78 is 0. The van der Waals surface area contributed by atoms with Crippen LogP contribution in [0.2, 0.25) is 5.02 Å². The number of rotatable bonds is 2. The summed E-state index contributed by atoms with van der Waals surface area (Å²) in [7, 11) is 0. The zero-order valence-electron chi connectivity index (χ0n) is 8.30. The molecule has 2 N–H and O–H groups in total. The van der Waals surface area contributed by atoms with Gasteiger partial charge in [0.25, 0.3) is 0 Å². The highest BCUT2D eigenvalue weighted by Gasteiger charge is 2.11. The molecule has 0 unspecified atom stereocenters. The Morgan fingerprint density at radius 1 is 1.40 bits per heavy atom. The lowest BCUT2D eigenvalue weighted by Gasteiger charge is -2.08. The van der Waals surface area contributed by atoms with Gasteiger partial charge in [-0.3, -0.25) is 4.79 Å². The number of amides is 1. The molecule has 4 nitrogen and oxygen atoms in total. The van der Waals surface area contributed by atoms with Gasteiger partial charge in [-0.05, 0) is 24.6 Å². The molecule has 0 saturated carbocycles. The molecule has 0 saturated heterocycles. The zero-order valence-corrected chi connectivity index (χ0v) is 9.05. The van der Waals surface area contributed by atoms with Crippen LogP contribution >= 0.6 is 11.6 Å². The molecular formula is C10H10ClNO3. The maximum absolute atomic E-state index is 10.8. The highest BCUT2D eigenvalue weighted by atomic mass is 35.5. The molecule has 15 heavy (non-hydrogen) atoms. The summed E-state index contributed by atoms with van der Waals surface area (Å²) in [6.45, 7) is 3.01. The average molecular weight is 228 g/mol. The Labute approximate surface area is 91.9 Å². The summed E-state index contributed by atoms with van der Waals surface area (Å²) in [5, 5.41) is 11.6. The van der Waals surface area contributed by atoms with Crippen molar-refractivity contribution in [2.24, 2.45) is 0 Å². The Bertz CT molecular complexity index is 429. The minimum Gasteiger partial charge on any atom is -0.478 e. The lowest BCUT2D eigenvalue weighted by Crippen LogP contribution is -2.08. The number of carbonyl (C=O) groups excluding carboxylic acids is 1. The van der Waals surface area contributed by atoms with Crippen LogP contribution < -0.4 is 5.32 Å². The Hall–Kier alpha value is -1.55. The second-order valence-electron chi connectivity index (χ2n) is 3.14. The fourth-order valence-electron chi connectivity index (χ4n) is 1.17. The molecule has 0 aliphatic heterocycles. The third-order valence-electron chi connectivity index (χ3n) is 1.81. The van der Waals surface area contributed by atoms with Gasteiger partial charge in [0.1, 0.15) is 0 Å². The SMILES string of the molecule is CC(=O)Nc1cc(C(=O)O)cc(C)c1Cl. The molecule has 0 spiro atoms. The maximum Gasteiger partial charge on any atom is 0.335 e. The van der Waals surface area contributed by atoms with Crippen molar-refractivity contribution in [2.75, 3.05) is 5.32 Å². The fraction of sp³-hybridized carbons (Fsp3) is 0.200. The molecule has 0 heterocycles. The number of aromatic carboxylic acids is 1. The summed E-state index contributed by atoms with van der Waals surface area (Å²) in [5.74, 6) is -1.35. The van der Waals surface area contributed by atoms with Gasteiger partial charge in [-0.2, -0.15) is 0 Å². The number of hydrogen-bond donors (Lipinski definition) is 2. The molecule has 1 rings (SSSR count). The zero-order chi connectivity index (χ0) is 11.6. The van der Waals surface area contributed by atoms with Crippen molar-refractivity contribution in [3.63, 3.8) is 0 Å². The van der Waals surface area contributed by atoms with Gasteiger partial charge in [0.2, 0.25) is 5.91 Å². The highest BCUT2D eigenvalue weighted by Crippen LogP contribution is 2.27. The molecule has 0 bridgehead atoms. The number of benzene rings is 1. The second-order valence-corrected chi connectivity index (χ2v) is 3.52. The smallest absolute Gasteiger partial charge is 0.335 e. The van der Waals surface area contributed by atoms with E-state index in [1.54, 1.807) is 6.92 Å². The molecule has 0 fully saturated rings. The van der Waals surface area contributed by atoms with Gasteiger partial charge in [0.15, 0.2) is 0 Å². The van der Waals surface area contributed by atoms with Gasteiger partial charge in [-0.25, -0.2) is 4.79 Å². The second kappa shape index (κ2) is 4.31. The van der Waals surface area contributed by atoms with Crippen LogP contribution in [0.1, 0.15) is 22.8 Å². The summed E-state index contributed by atoms with van der Waals surface area (Å²) in [6, 6.07) is 2.79. The van der Waals surface area contributed by atoms with Gasteiger partial charge in [0, 0.05) is 6.92 Å². The summed E-state index contributed by atoms with van der Waals surface area (Å²) in [5.41, 5.74) is 1.03. The quantitative estimate of drug-likeness (QED) is 0.815. The van der Waals surface area contributed by atoms with Gasteiger partial charge < -0.3 is 10.4 Å². The van der Waals surface area contributed by atoms with Gasteiger partial charge in [0.05, 0.1) is 16.3 Å².